The lowest BCUT2D eigenvalue weighted by Gasteiger charge is -2.07. The fourth-order valence-corrected chi connectivity index (χ4v) is 2.64. The summed E-state index contributed by atoms with van der Waals surface area (Å²) in [5.41, 5.74) is -0.0441. The van der Waals surface area contributed by atoms with Crippen LogP contribution in [0.3, 0.4) is 0 Å². The van der Waals surface area contributed by atoms with Crippen LogP contribution in [-0.2, 0) is 7.05 Å². The van der Waals surface area contributed by atoms with Crippen molar-refractivity contribution in [3.05, 3.63) is 50.7 Å². The van der Waals surface area contributed by atoms with Gasteiger partial charge in [0.15, 0.2) is 10.8 Å². The summed E-state index contributed by atoms with van der Waals surface area (Å²) in [6.07, 6.45) is 1.56. The third-order valence-corrected chi connectivity index (χ3v) is 3.81. The van der Waals surface area contributed by atoms with E-state index in [9.17, 15) is 9.59 Å². The van der Waals surface area contributed by atoms with Crippen LogP contribution in [0.2, 0.25) is 5.02 Å². The maximum atomic E-state index is 12.4. The van der Waals surface area contributed by atoms with Crippen molar-refractivity contribution in [1.29, 1.82) is 0 Å². The minimum Gasteiger partial charge on any atom is -0.296 e. The van der Waals surface area contributed by atoms with Gasteiger partial charge in [0.1, 0.15) is 0 Å². The number of aryl methyl sites for hydroxylation is 1. The minimum atomic E-state index is -0.590. The van der Waals surface area contributed by atoms with Crippen molar-refractivity contribution >= 4 is 44.9 Å². The first-order valence-electron chi connectivity index (χ1n) is 5.93. The highest BCUT2D eigenvalue weighted by molar-refractivity contribution is 7.13. The number of nitrogens with one attached hydrogen (secondary N) is 1. The molecule has 2 heterocycles. The van der Waals surface area contributed by atoms with E-state index in [1.165, 1.54) is 22.1 Å². The molecule has 0 saturated carbocycles. The number of nitrogens with zero attached hydrogens (tertiary/aromatic N) is 3. The number of fused-ring (bicyclic) bond motifs is 1. The Labute approximate surface area is 128 Å². The van der Waals surface area contributed by atoms with E-state index in [4.69, 9.17) is 11.6 Å². The first-order chi connectivity index (χ1) is 10.1. The number of anilines is 1. The van der Waals surface area contributed by atoms with Gasteiger partial charge in [-0.25, -0.2) is 4.98 Å². The summed E-state index contributed by atoms with van der Waals surface area (Å²) in [5.74, 6) is -0.590. The molecule has 1 N–H and O–H groups in total. The molecule has 8 heteroatoms. The third-order valence-electron chi connectivity index (χ3n) is 2.88. The average Bonchev–Trinajstić information content (AvgIpc) is 2.95. The van der Waals surface area contributed by atoms with Gasteiger partial charge in [-0.1, -0.05) is 11.6 Å². The molecule has 0 fully saturated rings. The Balaban J connectivity index is 2.13. The molecule has 0 unspecified atom stereocenters. The fraction of sp³-hybridized carbons (Fsp3) is 0.0769. The lowest BCUT2D eigenvalue weighted by atomic mass is 10.2. The summed E-state index contributed by atoms with van der Waals surface area (Å²) in [7, 11) is 1.66. The Kier molecular flexibility index (Phi) is 3.44. The topological polar surface area (TPSA) is 76.9 Å². The van der Waals surface area contributed by atoms with Crippen molar-refractivity contribution < 1.29 is 4.79 Å². The lowest BCUT2D eigenvalue weighted by molar-refractivity contribution is 0.101. The van der Waals surface area contributed by atoms with E-state index in [0.717, 1.165) is 0 Å². The summed E-state index contributed by atoms with van der Waals surface area (Å²) < 4.78 is 1.48. The molecular weight excluding hydrogens is 312 g/mol. The molecule has 0 atom stereocenters. The Bertz CT molecular complexity index is 889. The van der Waals surface area contributed by atoms with Crippen molar-refractivity contribution in [2.75, 3.05) is 5.32 Å². The van der Waals surface area contributed by atoms with Crippen LogP contribution >= 0.6 is 22.9 Å². The van der Waals surface area contributed by atoms with Gasteiger partial charge in [-0.15, -0.1) is 11.3 Å². The number of hydrogen-bond acceptors (Lipinski definition) is 5. The maximum Gasteiger partial charge on any atom is 0.281 e. The highest BCUT2D eigenvalue weighted by Crippen LogP contribution is 2.16. The van der Waals surface area contributed by atoms with Gasteiger partial charge in [-0.2, -0.15) is 5.10 Å². The zero-order chi connectivity index (χ0) is 15.0. The number of carbonyl (C=O) groups excluding carboxylic acids is 1. The van der Waals surface area contributed by atoms with E-state index in [2.05, 4.69) is 15.4 Å². The molecule has 6 nitrogen and oxygen atoms in total. The summed E-state index contributed by atoms with van der Waals surface area (Å²) >= 11 is 7.17. The molecule has 0 aliphatic heterocycles. The molecule has 0 aliphatic carbocycles. The second-order valence-electron chi connectivity index (χ2n) is 4.25. The first-order valence-corrected chi connectivity index (χ1v) is 7.19. The number of halogens is 1. The Morgan fingerprint density at radius 2 is 2.24 bits per heavy atom. The molecule has 0 bridgehead atoms. The molecule has 0 spiro atoms. The Morgan fingerprint density at radius 1 is 1.43 bits per heavy atom. The smallest absolute Gasteiger partial charge is 0.281 e. The quantitative estimate of drug-likeness (QED) is 0.786. The van der Waals surface area contributed by atoms with E-state index in [-0.39, 0.29) is 5.69 Å². The van der Waals surface area contributed by atoms with Crippen molar-refractivity contribution in [3.63, 3.8) is 0 Å². The zero-order valence-corrected chi connectivity index (χ0v) is 12.4. The average molecular weight is 321 g/mol. The molecule has 1 amide bonds. The normalized spacial score (nSPS) is 10.8. The van der Waals surface area contributed by atoms with Crippen molar-refractivity contribution in [1.82, 2.24) is 14.8 Å². The largest absolute Gasteiger partial charge is 0.296 e. The van der Waals surface area contributed by atoms with Gasteiger partial charge in [-0.05, 0) is 18.2 Å². The highest BCUT2D eigenvalue weighted by atomic mass is 35.5. The number of aromatic nitrogens is 3. The summed E-state index contributed by atoms with van der Waals surface area (Å²) in [6.45, 7) is 0. The molecule has 0 saturated heterocycles. The Morgan fingerprint density at radius 3 is 2.95 bits per heavy atom. The molecule has 21 heavy (non-hydrogen) atoms. The predicted molar refractivity (Wildman–Crippen MR) is 82.1 cm³/mol. The van der Waals surface area contributed by atoms with Gasteiger partial charge in [0.2, 0.25) is 5.43 Å². The van der Waals surface area contributed by atoms with Crippen LogP contribution in [0, 0.1) is 0 Å². The third kappa shape index (κ3) is 2.53. The predicted octanol–water partition coefficient (Wildman–Crippen LogP) is 2.30. The summed E-state index contributed by atoms with van der Waals surface area (Å²) in [4.78, 5) is 28.5. The first kappa shape index (κ1) is 13.7. The second-order valence-corrected chi connectivity index (χ2v) is 5.59. The molecule has 0 radical (unpaired) electrons. The minimum absolute atomic E-state index is 0.192. The number of rotatable bonds is 2. The van der Waals surface area contributed by atoms with Gasteiger partial charge in [0, 0.05) is 23.6 Å². The van der Waals surface area contributed by atoms with Crippen molar-refractivity contribution in [2.24, 2.45) is 7.05 Å². The van der Waals surface area contributed by atoms with Crippen LogP contribution in [-0.4, -0.2) is 20.7 Å². The molecule has 0 aliphatic rings. The van der Waals surface area contributed by atoms with E-state index in [1.54, 1.807) is 30.8 Å². The maximum absolute atomic E-state index is 12.4. The van der Waals surface area contributed by atoms with Gasteiger partial charge in [-0.3, -0.25) is 19.6 Å². The van der Waals surface area contributed by atoms with Crippen molar-refractivity contribution in [2.45, 2.75) is 0 Å². The van der Waals surface area contributed by atoms with Gasteiger partial charge in [0.25, 0.3) is 5.91 Å². The summed E-state index contributed by atoms with van der Waals surface area (Å²) in [5, 5.41) is 9.50. The lowest BCUT2D eigenvalue weighted by Crippen LogP contribution is -2.26. The molecule has 3 rings (SSSR count). The van der Waals surface area contributed by atoms with Crippen LogP contribution < -0.4 is 10.7 Å². The van der Waals surface area contributed by atoms with Crippen LogP contribution in [0.15, 0.2) is 34.6 Å². The number of thiazole rings is 1. The number of hydrogen-bond donors (Lipinski definition) is 1. The fourth-order valence-electron chi connectivity index (χ4n) is 1.94. The number of carbonyl (C=O) groups is 1. The molecule has 106 valence electrons. The van der Waals surface area contributed by atoms with E-state index >= 15 is 0 Å². The van der Waals surface area contributed by atoms with E-state index in [1.807, 2.05) is 0 Å². The standard InChI is InChI=1S/C13H9ClN4O2S/c1-18-9-3-2-7(14)6-8(9)11(19)10(17-18)12(20)16-13-15-4-5-21-13/h2-6H,1H3,(H,15,16,20). The number of benzene rings is 1. The van der Waals surface area contributed by atoms with Gasteiger partial charge >= 0.3 is 0 Å². The molecule has 1 aromatic carbocycles. The van der Waals surface area contributed by atoms with Crippen LogP contribution in [0.4, 0.5) is 5.13 Å². The highest BCUT2D eigenvalue weighted by Gasteiger charge is 2.17. The van der Waals surface area contributed by atoms with Gasteiger partial charge < -0.3 is 0 Å². The zero-order valence-electron chi connectivity index (χ0n) is 10.8. The number of amides is 1. The van der Waals surface area contributed by atoms with Gasteiger partial charge in [0.05, 0.1) is 10.9 Å². The monoisotopic (exact) mass is 320 g/mol. The second kappa shape index (κ2) is 5.27. The molecular formula is C13H9ClN4O2S. The SMILES string of the molecule is Cn1nc(C(=O)Nc2nccs2)c(=O)c2cc(Cl)ccc21. The van der Waals surface area contributed by atoms with E-state index in [0.29, 0.717) is 21.1 Å². The van der Waals surface area contributed by atoms with Crippen LogP contribution in [0.1, 0.15) is 10.5 Å². The molecule has 2 aromatic heterocycles. The van der Waals surface area contributed by atoms with Crippen LogP contribution in [0.5, 0.6) is 0 Å². The summed E-state index contributed by atoms with van der Waals surface area (Å²) in [6, 6.07) is 4.88. The van der Waals surface area contributed by atoms with E-state index < -0.39 is 11.3 Å². The molecule has 3 aromatic rings. The van der Waals surface area contributed by atoms with Crippen LogP contribution in [0.25, 0.3) is 10.9 Å². The van der Waals surface area contributed by atoms with Crippen molar-refractivity contribution in [3.8, 4) is 0 Å². The Hall–Kier alpha value is -2.25.